The van der Waals surface area contributed by atoms with Crippen LogP contribution >= 0.6 is 0 Å². The first-order valence-electron chi connectivity index (χ1n) is 5.50. The molecule has 0 aliphatic carbocycles. The van der Waals surface area contributed by atoms with Crippen molar-refractivity contribution < 1.29 is 9.84 Å². The molecule has 1 heterocycles. The van der Waals surface area contributed by atoms with Crippen molar-refractivity contribution in [1.29, 1.82) is 0 Å². The van der Waals surface area contributed by atoms with Gasteiger partial charge in [-0.25, -0.2) is 0 Å². The average Bonchev–Trinajstić information content (AvgIpc) is 2.27. The summed E-state index contributed by atoms with van der Waals surface area (Å²) in [6.07, 6.45) is 4.39. The molecule has 1 atom stereocenters. The minimum absolute atomic E-state index is 0.174. The summed E-state index contributed by atoms with van der Waals surface area (Å²) in [5, 5.41) is 12.2. The summed E-state index contributed by atoms with van der Waals surface area (Å²) in [7, 11) is 1.67. The molecule has 2 N–H and O–H groups in total. The SMILES string of the molecule is COCC(CCO)NCc1cncc(C)c1. The van der Waals surface area contributed by atoms with Crippen molar-refractivity contribution in [2.75, 3.05) is 20.3 Å². The van der Waals surface area contributed by atoms with Crippen LogP contribution in [0.1, 0.15) is 17.5 Å². The van der Waals surface area contributed by atoms with Gasteiger partial charge >= 0.3 is 0 Å². The first kappa shape index (κ1) is 13.1. The summed E-state index contributed by atoms with van der Waals surface area (Å²) in [5.41, 5.74) is 2.31. The zero-order valence-electron chi connectivity index (χ0n) is 9.94. The molecule has 1 rings (SSSR count). The van der Waals surface area contributed by atoms with Crippen LogP contribution in [0.25, 0.3) is 0 Å². The summed E-state index contributed by atoms with van der Waals surface area (Å²) < 4.78 is 5.08. The van der Waals surface area contributed by atoms with Gasteiger partial charge in [-0.15, -0.1) is 0 Å². The Morgan fingerprint density at radius 3 is 2.94 bits per heavy atom. The van der Waals surface area contributed by atoms with E-state index in [1.165, 1.54) is 0 Å². The van der Waals surface area contributed by atoms with Gasteiger partial charge in [0.25, 0.3) is 0 Å². The maximum Gasteiger partial charge on any atom is 0.0616 e. The highest BCUT2D eigenvalue weighted by Crippen LogP contribution is 2.02. The second kappa shape index (κ2) is 7.33. The topological polar surface area (TPSA) is 54.4 Å². The molecule has 0 radical (unpaired) electrons. The van der Waals surface area contributed by atoms with Crippen LogP contribution in [-0.4, -0.2) is 36.5 Å². The second-order valence-electron chi connectivity index (χ2n) is 3.92. The average molecular weight is 224 g/mol. The van der Waals surface area contributed by atoms with Crippen LogP contribution < -0.4 is 5.32 Å². The molecule has 1 aromatic rings. The van der Waals surface area contributed by atoms with E-state index in [2.05, 4.69) is 16.4 Å². The fourth-order valence-corrected chi connectivity index (χ4v) is 1.58. The Morgan fingerprint density at radius 1 is 1.50 bits per heavy atom. The molecule has 0 bridgehead atoms. The van der Waals surface area contributed by atoms with Gasteiger partial charge in [0.1, 0.15) is 0 Å². The third-order valence-electron chi connectivity index (χ3n) is 2.37. The van der Waals surface area contributed by atoms with Gasteiger partial charge in [0.15, 0.2) is 0 Å². The van der Waals surface area contributed by atoms with Crippen molar-refractivity contribution in [3.63, 3.8) is 0 Å². The number of ether oxygens (including phenoxy) is 1. The summed E-state index contributed by atoms with van der Waals surface area (Å²) in [4.78, 5) is 4.13. The summed E-state index contributed by atoms with van der Waals surface area (Å²) in [6, 6.07) is 2.29. The Hall–Kier alpha value is -0.970. The second-order valence-corrected chi connectivity index (χ2v) is 3.92. The van der Waals surface area contributed by atoms with E-state index < -0.39 is 0 Å². The molecule has 1 aromatic heterocycles. The van der Waals surface area contributed by atoms with Gasteiger partial charge in [-0.05, 0) is 24.5 Å². The Kier molecular flexibility index (Phi) is 6.00. The number of hydrogen-bond donors (Lipinski definition) is 2. The molecule has 0 saturated carbocycles. The third kappa shape index (κ3) is 4.70. The van der Waals surface area contributed by atoms with E-state index in [-0.39, 0.29) is 12.6 Å². The fraction of sp³-hybridized carbons (Fsp3) is 0.583. The summed E-state index contributed by atoms with van der Waals surface area (Å²) >= 11 is 0. The molecular weight excluding hydrogens is 204 g/mol. The number of nitrogens with zero attached hydrogens (tertiary/aromatic N) is 1. The zero-order valence-corrected chi connectivity index (χ0v) is 9.94. The third-order valence-corrected chi connectivity index (χ3v) is 2.37. The van der Waals surface area contributed by atoms with Gasteiger partial charge in [-0.1, -0.05) is 6.07 Å². The normalized spacial score (nSPS) is 12.7. The molecule has 0 aliphatic rings. The Morgan fingerprint density at radius 2 is 2.31 bits per heavy atom. The van der Waals surface area contributed by atoms with E-state index in [1.807, 2.05) is 19.3 Å². The van der Waals surface area contributed by atoms with E-state index >= 15 is 0 Å². The zero-order chi connectivity index (χ0) is 11.8. The first-order chi connectivity index (χ1) is 7.76. The first-order valence-corrected chi connectivity index (χ1v) is 5.50. The predicted octanol–water partition coefficient (Wildman–Crippen LogP) is 0.877. The predicted molar refractivity (Wildman–Crippen MR) is 63.2 cm³/mol. The van der Waals surface area contributed by atoms with Crippen molar-refractivity contribution in [3.8, 4) is 0 Å². The van der Waals surface area contributed by atoms with Crippen LogP contribution in [0.5, 0.6) is 0 Å². The molecular formula is C12H20N2O2. The number of pyridine rings is 1. The monoisotopic (exact) mass is 224 g/mol. The number of rotatable bonds is 7. The number of aryl methyl sites for hydroxylation is 1. The number of nitrogens with one attached hydrogen (secondary N) is 1. The Bertz CT molecular complexity index is 299. The van der Waals surface area contributed by atoms with Crippen molar-refractivity contribution in [1.82, 2.24) is 10.3 Å². The van der Waals surface area contributed by atoms with Gasteiger partial charge in [0, 0.05) is 38.7 Å². The van der Waals surface area contributed by atoms with Gasteiger partial charge in [0.2, 0.25) is 0 Å². The number of aromatic nitrogens is 1. The van der Waals surface area contributed by atoms with Crippen LogP contribution in [0.15, 0.2) is 18.5 Å². The molecule has 16 heavy (non-hydrogen) atoms. The van der Waals surface area contributed by atoms with Crippen molar-refractivity contribution in [2.24, 2.45) is 0 Å². The maximum atomic E-state index is 8.90. The van der Waals surface area contributed by atoms with Gasteiger partial charge in [0.05, 0.1) is 6.61 Å². The highest BCUT2D eigenvalue weighted by Gasteiger charge is 2.06. The largest absolute Gasteiger partial charge is 0.396 e. The lowest BCUT2D eigenvalue weighted by Gasteiger charge is -2.16. The molecule has 0 fully saturated rings. The van der Waals surface area contributed by atoms with Gasteiger partial charge < -0.3 is 15.2 Å². The Labute approximate surface area is 96.7 Å². The maximum absolute atomic E-state index is 8.90. The molecule has 0 aliphatic heterocycles. The molecule has 4 nitrogen and oxygen atoms in total. The van der Waals surface area contributed by atoms with Crippen molar-refractivity contribution >= 4 is 0 Å². The molecule has 4 heteroatoms. The minimum atomic E-state index is 0.174. The number of hydrogen-bond acceptors (Lipinski definition) is 4. The van der Waals surface area contributed by atoms with Crippen LogP contribution in [0.3, 0.4) is 0 Å². The molecule has 90 valence electrons. The van der Waals surface area contributed by atoms with Crippen LogP contribution in [0.2, 0.25) is 0 Å². The molecule has 0 spiro atoms. The lowest BCUT2D eigenvalue weighted by Crippen LogP contribution is -2.33. The summed E-state index contributed by atoms with van der Waals surface area (Å²) in [5.74, 6) is 0. The number of methoxy groups -OCH3 is 1. The van der Waals surface area contributed by atoms with Crippen molar-refractivity contribution in [3.05, 3.63) is 29.6 Å². The highest BCUT2D eigenvalue weighted by molar-refractivity contribution is 5.16. The molecule has 0 amide bonds. The van der Waals surface area contributed by atoms with E-state index in [4.69, 9.17) is 9.84 Å². The van der Waals surface area contributed by atoms with Gasteiger partial charge in [-0.2, -0.15) is 0 Å². The van der Waals surface area contributed by atoms with Gasteiger partial charge in [-0.3, -0.25) is 4.98 Å². The quantitative estimate of drug-likeness (QED) is 0.722. The van der Waals surface area contributed by atoms with E-state index in [9.17, 15) is 0 Å². The summed E-state index contributed by atoms with van der Waals surface area (Å²) in [6.45, 7) is 3.56. The molecule has 1 unspecified atom stereocenters. The highest BCUT2D eigenvalue weighted by atomic mass is 16.5. The smallest absolute Gasteiger partial charge is 0.0616 e. The molecule has 0 aromatic carbocycles. The molecule has 0 saturated heterocycles. The number of aliphatic hydroxyl groups excluding tert-OH is 1. The van der Waals surface area contributed by atoms with Crippen LogP contribution in [0, 0.1) is 6.92 Å². The lowest BCUT2D eigenvalue weighted by atomic mass is 10.2. The van der Waals surface area contributed by atoms with Crippen LogP contribution in [0.4, 0.5) is 0 Å². The lowest BCUT2D eigenvalue weighted by molar-refractivity contribution is 0.148. The van der Waals surface area contributed by atoms with Crippen LogP contribution in [-0.2, 0) is 11.3 Å². The van der Waals surface area contributed by atoms with E-state index in [0.717, 1.165) is 17.7 Å². The Balaban J connectivity index is 2.41. The minimum Gasteiger partial charge on any atom is -0.396 e. The standard InChI is InChI=1S/C12H20N2O2/c1-10-5-11(7-13-6-10)8-14-12(3-4-15)9-16-2/h5-7,12,14-15H,3-4,8-9H2,1-2H3. The van der Waals surface area contributed by atoms with Crippen molar-refractivity contribution in [2.45, 2.75) is 25.9 Å². The number of aliphatic hydroxyl groups is 1. The fourth-order valence-electron chi connectivity index (χ4n) is 1.58. The van der Waals surface area contributed by atoms with E-state index in [0.29, 0.717) is 13.0 Å². The van der Waals surface area contributed by atoms with E-state index in [1.54, 1.807) is 7.11 Å².